The molecule has 0 spiro atoms. The van der Waals surface area contributed by atoms with Crippen LogP contribution in [0.2, 0.25) is 5.02 Å². The quantitative estimate of drug-likeness (QED) is 0.734. The van der Waals surface area contributed by atoms with Crippen molar-refractivity contribution in [3.05, 3.63) is 70.4 Å². The number of piperidine rings is 1. The molecule has 1 aliphatic heterocycles. The second kappa shape index (κ2) is 9.61. The molecule has 29 heavy (non-hydrogen) atoms. The van der Waals surface area contributed by atoms with Crippen LogP contribution in [0, 0.1) is 0 Å². The molecular formula is C23H25ClN2O3. The monoisotopic (exact) mass is 412 g/mol. The predicted molar refractivity (Wildman–Crippen MR) is 115 cm³/mol. The number of hydrogen-bond acceptors (Lipinski definition) is 3. The van der Waals surface area contributed by atoms with E-state index < -0.39 is 0 Å². The van der Waals surface area contributed by atoms with Gasteiger partial charge in [-0.1, -0.05) is 23.7 Å². The summed E-state index contributed by atoms with van der Waals surface area (Å²) in [6, 6.07) is 14.0. The summed E-state index contributed by atoms with van der Waals surface area (Å²) in [5.41, 5.74) is 1.49. The number of nitrogens with one attached hydrogen (secondary N) is 1. The molecule has 6 heteroatoms. The average Bonchev–Trinajstić information content (AvgIpc) is 2.74. The number of benzene rings is 2. The molecule has 2 aromatic rings. The number of ether oxygens (including phenoxy) is 1. The molecule has 5 nitrogen and oxygen atoms in total. The molecule has 0 radical (unpaired) electrons. The molecule has 0 bridgehead atoms. The number of carbonyl (C=O) groups excluding carboxylic acids is 2. The van der Waals surface area contributed by atoms with Gasteiger partial charge < -0.3 is 15.0 Å². The number of nitrogens with zero attached hydrogens (tertiary/aromatic N) is 1. The fourth-order valence-electron chi connectivity index (χ4n) is 3.37. The van der Waals surface area contributed by atoms with E-state index in [1.54, 1.807) is 37.5 Å². The van der Waals surface area contributed by atoms with Gasteiger partial charge in [0.2, 0.25) is 0 Å². The first-order chi connectivity index (χ1) is 14.0. The highest BCUT2D eigenvalue weighted by Crippen LogP contribution is 2.20. The Labute approximate surface area is 176 Å². The van der Waals surface area contributed by atoms with Gasteiger partial charge in [0, 0.05) is 23.2 Å². The van der Waals surface area contributed by atoms with Crippen LogP contribution >= 0.6 is 11.6 Å². The van der Waals surface area contributed by atoms with E-state index in [1.807, 2.05) is 36.1 Å². The highest BCUT2D eigenvalue weighted by atomic mass is 35.5. The molecule has 2 aromatic carbocycles. The second-order valence-electron chi connectivity index (χ2n) is 7.14. The number of likely N-dealkylation sites (tertiary alicyclic amines) is 1. The van der Waals surface area contributed by atoms with Crippen molar-refractivity contribution in [2.45, 2.75) is 32.2 Å². The van der Waals surface area contributed by atoms with Crippen LogP contribution in [0.25, 0.3) is 6.08 Å². The number of methoxy groups -OCH3 is 1. The standard InChI is InChI=1S/C23H25ClN2O3/c1-16-5-3-4-14-26(16)23(28)21(15-17-6-12-20(29-2)13-7-17)25-22(27)18-8-10-19(24)11-9-18/h6-13,15-16H,3-5,14H2,1-2H3,(H,25,27)/b21-15+/t16-/m1/s1. The predicted octanol–water partition coefficient (Wildman–Crippen LogP) is 4.52. The largest absolute Gasteiger partial charge is 0.497 e. The molecule has 1 saturated heterocycles. The van der Waals surface area contributed by atoms with E-state index in [4.69, 9.17) is 16.3 Å². The summed E-state index contributed by atoms with van der Waals surface area (Å²) in [6.07, 6.45) is 4.75. The third-order valence-electron chi connectivity index (χ3n) is 5.08. The van der Waals surface area contributed by atoms with Gasteiger partial charge in [-0.3, -0.25) is 9.59 Å². The van der Waals surface area contributed by atoms with Gasteiger partial charge in [-0.05, 0) is 74.2 Å². The van der Waals surface area contributed by atoms with E-state index in [2.05, 4.69) is 5.32 Å². The van der Waals surface area contributed by atoms with Gasteiger partial charge in [-0.25, -0.2) is 0 Å². The number of hydrogen-bond donors (Lipinski definition) is 1. The first kappa shape index (κ1) is 20.9. The van der Waals surface area contributed by atoms with Gasteiger partial charge in [0.15, 0.2) is 0 Å². The first-order valence-corrected chi connectivity index (χ1v) is 10.1. The molecule has 1 atom stereocenters. The SMILES string of the molecule is COc1ccc(/C=C(/NC(=O)c2ccc(Cl)cc2)C(=O)N2CCCC[C@H]2C)cc1. The van der Waals surface area contributed by atoms with Crippen LogP contribution in [0.15, 0.2) is 54.2 Å². The highest BCUT2D eigenvalue weighted by molar-refractivity contribution is 6.30. The van der Waals surface area contributed by atoms with Crippen molar-refractivity contribution in [2.24, 2.45) is 0 Å². The van der Waals surface area contributed by atoms with Crippen LogP contribution in [0.3, 0.4) is 0 Å². The smallest absolute Gasteiger partial charge is 0.270 e. The lowest BCUT2D eigenvalue weighted by Gasteiger charge is -2.34. The molecule has 1 N–H and O–H groups in total. The van der Waals surface area contributed by atoms with E-state index in [9.17, 15) is 9.59 Å². The van der Waals surface area contributed by atoms with Crippen molar-refractivity contribution >= 4 is 29.5 Å². The van der Waals surface area contributed by atoms with Crippen molar-refractivity contribution in [3.63, 3.8) is 0 Å². The minimum Gasteiger partial charge on any atom is -0.497 e. The number of carbonyl (C=O) groups is 2. The van der Waals surface area contributed by atoms with Crippen molar-refractivity contribution in [3.8, 4) is 5.75 Å². The Bertz CT molecular complexity index is 891. The molecule has 2 amide bonds. The summed E-state index contributed by atoms with van der Waals surface area (Å²) in [5, 5.41) is 3.35. The number of rotatable bonds is 5. The van der Waals surface area contributed by atoms with Crippen molar-refractivity contribution < 1.29 is 14.3 Å². The maximum absolute atomic E-state index is 13.3. The van der Waals surface area contributed by atoms with Crippen LogP contribution in [-0.2, 0) is 4.79 Å². The van der Waals surface area contributed by atoms with Gasteiger partial charge in [0.1, 0.15) is 11.4 Å². The fourth-order valence-corrected chi connectivity index (χ4v) is 3.49. The Morgan fingerprint density at radius 2 is 1.79 bits per heavy atom. The average molecular weight is 413 g/mol. The highest BCUT2D eigenvalue weighted by Gasteiger charge is 2.27. The third kappa shape index (κ3) is 5.39. The molecule has 1 aliphatic rings. The Kier molecular flexibility index (Phi) is 6.94. The molecular weight excluding hydrogens is 388 g/mol. The summed E-state index contributed by atoms with van der Waals surface area (Å²) < 4.78 is 5.19. The first-order valence-electron chi connectivity index (χ1n) is 9.71. The van der Waals surface area contributed by atoms with Crippen LogP contribution < -0.4 is 10.1 Å². The normalized spacial score (nSPS) is 17.0. The summed E-state index contributed by atoms with van der Waals surface area (Å²) >= 11 is 5.91. The maximum atomic E-state index is 13.3. The minimum atomic E-state index is -0.348. The van der Waals surface area contributed by atoms with Crippen LogP contribution in [-0.4, -0.2) is 36.4 Å². The van der Waals surface area contributed by atoms with Crippen molar-refractivity contribution in [1.29, 1.82) is 0 Å². The lowest BCUT2D eigenvalue weighted by molar-refractivity contribution is -0.130. The lowest BCUT2D eigenvalue weighted by Crippen LogP contribution is -2.45. The van der Waals surface area contributed by atoms with Gasteiger partial charge >= 0.3 is 0 Å². The van der Waals surface area contributed by atoms with Crippen LogP contribution in [0.1, 0.15) is 42.1 Å². The lowest BCUT2D eigenvalue weighted by atomic mass is 10.0. The third-order valence-corrected chi connectivity index (χ3v) is 5.33. The molecule has 0 saturated carbocycles. The van der Waals surface area contributed by atoms with Crippen molar-refractivity contribution in [1.82, 2.24) is 10.2 Å². The Hall–Kier alpha value is -2.79. The van der Waals surface area contributed by atoms with Gasteiger partial charge in [-0.2, -0.15) is 0 Å². The second-order valence-corrected chi connectivity index (χ2v) is 7.57. The fraction of sp³-hybridized carbons (Fsp3) is 0.304. The summed E-state index contributed by atoms with van der Waals surface area (Å²) in [5.74, 6) is 0.208. The van der Waals surface area contributed by atoms with Crippen molar-refractivity contribution in [2.75, 3.05) is 13.7 Å². The molecule has 1 fully saturated rings. The van der Waals surface area contributed by atoms with Gasteiger partial charge in [-0.15, -0.1) is 0 Å². The van der Waals surface area contributed by atoms with E-state index in [0.717, 1.165) is 30.6 Å². The van der Waals surface area contributed by atoms with E-state index in [0.29, 0.717) is 17.1 Å². The van der Waals surface area contributed by atoms with E-state index >= 15 is 0 Å². The summed E-state index contributed by atoms with van der Waals surface area (Å²) in [6.45, 7) is 2.74. The molecule has 0 aromatic heterocycles. The van der Waals surface area contributed by atoms with Crippen LogP contribution in [0.4, 0.5) is 0 Å². The zero-order valence-electron chi connectivity index (χ0n) is 16.7. The summed E-state index contributed by atoms with van der Waals surface area (Å²) in [7, 11) is 1.60. The molecule has 0 unspecified atom stereocenters. The summed E-state index contributed by atoms with van der Waals surface area (Å²) in [4.78, 5) is 27.8. The van der Waals surface area contributed by atoms with Crippen LogP contribution in [0.5, 0.6) is 5.75 Å². The van der Waals surface area contributed by atoms with E-state index in [1.165, 1.54) is 0 Å². The number of amides is 2. The minimum absolute atomic E-state index is 0.142. The van der Waals surface area contributed by atoms with E-state index in [-0.39, 0.29) is 23.6 Å². The molecule has 152 valence electrons. The maximum Gasteiger partial charge on any atom is 0.270 e. The van der Waals surface area contributed by atoms with Gasteiger partial charge in [0.25, 0.3) is 11.8 Å². The molecule has 0 aliphatic carbocycles. The number of halogens is 1. The zero-order valence-corrected chi connectivity index (χ0v) is 17.4. The topological polar surface area (TPSA) is 58.6 Å². The molecule has 3 rings (SSSR count). The molecule has 1 heterocycles. The van der Waals surface area contributed by atoms with Gasteiger partial charge in [0.05, 0.1) is 7.11 Å². The zero-order chi connectivity index (χ0) is 20.8. The Morgan fingerprint density at radius 1 is 1.10 bits per heavy atom. The Balaban J connectivity index is 1.89. The Morgan fingerprint density at radius 3 is 2.41 bits per heavy atom.